The lowest BCUT2D eigenvalue weighted by molar-refractivity contribution is 0.145. The van der Waals surface area contributed by atoms with E-state index in [0.717, 1.165) is 37.6 Å². The molecular formula is C17H26N4O. The van der Waals surface area contributed by atoms with Gasteiger partial charge in [0.1, 0.15) is 18.0 Å². The third-order valence-electron chi connectivity index (χ3n) is 4.69. The number of rotatable bonds is 4. The molecule has 0 saturated carbocycles. The fourth-order valence-corrected chi connectivity index (χ4v) is 3.26. The topological polar surface area (TPSA) is 61.3 Å². The number of allylic oxidation sites excluding steroid dienone is 1. The van der Waals surface area contributed by atoms with Crippen LogP contribution in [0, 0.1) is 0 Å². The van der Waals surface area contributed by atoms with Crippen LogP contribution < -0.4 is 10.2 Å². The predicted molar refractivity (Wildman–Crippen MR) is 89.1 cm³/mol. The summed E-state index contributed by atoms with van der Waals surface area (Å²) in [6, 6.07) is 2.35. The summed E-state index contributed by atoms with van der Waals surface area (Å²) < 4.78 is 0. The molecule has 1 unspecified atom stereocenters. The van der Waals surface area contributed by atoms with Crippen LogP contribution in [0.2, 0.25) is 0 Å². The maximum atomic E-state index is 9.61. The minimum atomic E-state index is -0.158. The van der Waals surface area contributed by atoms with Gasteiger partial charge < -0.3 is 15.3 Å². The summed E-state index contributed by atoms with van der Waals surface area (Å²) in [7, 11) is 0. The Balaban J connectivity index is 1.64. The van der Waals surface area contributed by atoms with Crippen molar-refractivity contribution in [1.82, 2.24) is 9.97 Å². The second-order valence-electron chi connectivity index (χ2n) is 6.37. The molecule has 120 valence electrons. The zero-order valence-electron chi connectivity index (χ0n) is 13.3. The summed E-state index contributed by atoms with van der Waals surface area (Å²) in [6.07, 6.45) is 10.5. The lowest BCUT2D eigenvalue weighted by Crippen LogP contribution is -2.36. The van der Waals surface area contributed by atoms with Gasteiger partial charge in [0.25, 0.3) is 0 Å². The van der Waals surface area contributed by atoms with E-state index in [9.17, 15) is 5.11 Å². The van der Waals surface area contributed by atoms with Crippen LogP contribution in [0.25, 0.3) is 0 Å². The van der Waals surface area contributed by atoms with Crippen LogP contribution in [0.15, 0.2) is 24.0 Å². The molecule has 0 aromatic carbocycles. The van der Waals surface area contributed by atoms with Crippen LogP contribution >= 0.6 is 0 Å². The standard InChI is InChI=1S/C17H26N4O/c1-13(14-5-3-2-4-6-14)20-16-11-17(19-12-18-16)21-9-7-15(22)8-10-21/h5,11-13,15,22H,2-4,6-10H2,1H3,(H,18,19,20). The molecule has 0 amide bonds. The van der Waals surface area contributed by atoms with E-state index in [0.29, 0.717) is 6.04 Å². The SMILES string of the molecule is CC(Nc1cc(N2CCC(O)CC2)ncn1)C1=CCCCC1. The summed E-state index contributed by atoms with van der Waals surface area (Å²) in [5.74, 6) is 1.84. The summed E-state index contributed by atoms with van der Waals surface area (Å²) >= 11 is 0. The molecule has 0 radical (unpaired) electrons. The Kier molecular flexibility index (Phi) is 4.93. The number of nitrogens with one attached hydrogen (secondary N) is 1. The molecule has 1 aliphatic carbocycles. The second-order valence-corrected chi connectivity index (χ2v) is 6.37. The van der Waals surface area contributed by atoms with Crippen molar-refractivity contribution in [2.45, 2.75) is 57.6 Å². The van der Waals surface area contributed by atoms with Gasteiger partial charge in [0.2, 0.25) is 0 Å². The van der Waals surface area contributed by atoms with Crippen molar-refractivity contribution in [2.75, 3.05) is 23.3 Å². The van der Waals surface area contributed by atoms with Gasteiger partial charge in [0.15, 0.2) is 0 Å². The van der Waals surface area contributed by atoms with Crippen LogP contribution in [-0.2, 0) is 0 Å². The average Bonchev–Trinajstić information content (AvgIpc) is 2.56. The zero-order valence-corrected chi connectivity index (χ0v) is 13.3. The van der Waals surface area contributed by atoms with E-state index in [1.807, 2.05) is 6.07 Å². The summed E-state index contributed by atoms with van der Waals surface area (Å²) in [6.45, 7) is 3.92. The maximum Gasteiger partial charge on any atom is 0.134 e. The second kappa shape index (κ2) is 7.09. The van der Waals surface area contributed by atoms with Gasteiger partial charge in [0.05, 0.1) is 6.10 Å². The van der Waals surface area contributed by atoms with Gasteiger partial charge in [0, 0.05) is 25.2 Å². The lowest BCUT2D eigenvalue weighted by atomic mass is 9.95. The Morgan fingerprint density at radius 3 is 2.82 bits per heavy atom. The highest BCUT2D eigenvalue weighted by molar-refractivity contribution is 5.50. The highest BCUT2D eigenvalue weighted by Gasteiger charge is 2.19. The Morgan fingerprint density at radius 2 is 2.09 bits per heavy atom. The van der Waals surface area contributed by atoms with E-state index in [-0.39, 0.29) is 6.10 Å². The fraction of sp³-hybridized carbons (Fsp3) is 0.647. The molecule has 2 aliphatic rings. The van der Waals surface area contributed by atoms with Gasteiger partial charge in [-0.25, -0.2) is 9.97 Å². The molecule has 1 fully saturated rings. The quantitative estimate of drug-likeness (QED) is 0.837. The average molecular weight is 302 g/mol. The molecule has 2 N–H and O–H groups in total. The van der Waals surface area contributed by atoms with E-state index in [1.165, 1.54) is 31.3 Å². The highest BCUT2D eigenvalue weighted by atomic mass is 16.3. The molecule has 2 heterocycles. The molecule has 1 aromatic heterocycles. The normalized spacial score (nSPS) is 21.4. The molecule has 1 saturated heterocycles. The fourth-order valence-electron chi connectivity index (χ4n) is 3.26. The number of aliphatic hydroxyl groups is 1. The Morgan fingerprint density at radius 1 is 1.27 bits per heavy atom. The van der Waals surface area contributed by atoms with Gasteiger partial charge in [-0.05, 0) is 45.4 Å². The molecule has 5 heteroatoms. The van der Waals surface area contributed by atoms with Crippen molar-refractivity contribution in [2.24, 2.45) is 0 Å². The van der Waals surface area contributed by atoms with Crippen LogP contribution in [-0.4, -0.2) is 40.3 Å². The lowest BCUT2D eigenvalue weighted by Gasteiger charge is -2.30. The van der Waals surface area contributed by atoms with Gasteiger partial charge in [-0.15, -0.1) is 0 Å². The number of piperidine rings is 1. The van der Waals surface area contributed by atoms with Crippen molar-refractivity contribution >= 4 is 11.6 Å². The number of anilines is 2. The van der Waals surface area contributed by atoms with E-state index in [2.05, 4.69) is 33.2 Å². The molecule has 1 aliphatic heterocycles. The summed E-state index contributed by atoms with van der Waals surface area (Å²) in [4.78, 5) is 11.0. The van der Waals surface area contributed by atoms with Crippen LogP contribution in [0.1, 0.15) is 45.4 Å². The van der Waals surface area contributed by atoms with Crippen molar-refractivity contribution in [3.05, 3.63) is 24.0 Å². The smallest absolute Gasteiger partial charge is 0.134 e. The van der Waals surface area contributed by atoms with Gasteiger partial charge in [-0.1, -0.05) is 11.6 Å². The minimum Gasteiger partial charge on any atom is -0.393 e. The molecule has 5 nitrogen and oxygen atoms in total. The largest absolute Gasteiger partial charge is 0.393 e. The summed E-state index contributed by atoms with van der Waals surface area (Å²) in [5, 5.41) is 13.1. The minimum absolute atomic E-state index is 0.158. The van der Waals surface area contributed by atoms with Crippen molar-refractivity contribution in [3.8, 4) is 0 Å². The summed E-state index contributed by atoms with van der Waals surface area (Å²) in [5.41, 5.74) is 1.49. The molecule has 1 atom stereocenters. The first-order valence-electron chi connectivity index (χ1n) is 8.43. The Labute approximate surface area is 132 Å². The van der Waals surface area contributed by atoms with Crippen LogP contribution in [0.4, 0.5) is 11.6 Å². The number of hydrogen-bond donors (Lipinski definition) is 2. The molecular weight excluding hydrogens is 276 g/mol. The third kappa shape index (κ3) is 3.77. The Bertz CT molecular complexity index is 523. The van der Waals surface area contributed by atoms with E-state index in [4.69, 9.17) is 0 Å². The zero-order chi connectivity index (χ0) is 15.4. The van der Waals surface area contributed by atoms with E-state index >= 15 is 0 Å². The first-order chi connectivity index (χ1) is 10.7. The van der Waals surface area contributed by atoms with Crippen molar-refractivity contribution < 1.29 is 5.11 Å². The van der Waals surface area contributed by atoms with Crippen LogP contribution in [0.3, 0.4) is 0 Å². The maximum absolute atomic E-state index is 9.61. The van der Waals surface area contributed by atoms with Crippen LogP contribution in [0.5, 0.6) is 0 Å². The number of aromatic nitrogens is 2. The van der Waals surface area contributed by atoms with Gasteiger partial charge in [-0.2, -0.15) is 0 Å². The predicted octanol–water partition coefficient (Wildman–Crippen LogP) is 2.74. The Hall–Kier alpha value is -1.62. The first-order valence-corrected chi connectivity index (χ1v) is 8.43. The molecule has 0 bridgehead atoms. The van der Waals surface area contributed by atoms with Gasteiger partial charge >= 0.3 is 0 Å². The van der Waals surface area contributed by atoms with E-state index < -0.39 is 0 Å². The third-order valence-corrected chi connectivity index (χ3v) is 4.69. The highest BCUT2D eigenvalue weighted by Crippen LogP contribution is 2.24. The van der Waals surface area contributed by atoms with Crippen molar-refractivity contribution in [3.63, 3.8) is 0 Å². The first kappa shape index (κ1) is 15.3. The number of hydrogen-bond acceptors (Lipinski definition) is 5. The monoisotopic (exact) mass is 302 g/mol. The molecule has 22 heavy (non-hydrogen) atoms. The molecule has 0 spiro atoms. The molecule has 3 rings (SSSR count). The number of aliphatic hydroxyl groups excluding tert-OH is 1. The number of nitrogens with zero attached hydrogens (tertiary/aromatic N) is 3. The van der Waals surface area contributed by atoms with Crippen molar-refractivity contribution in [1.29, 1.82) is 0 Å². The van der Waals surface area contributed by atoms with Gasteiger partial charge in [-0.3, -0.25) is 0 Å². The molecule has 1 aromatic rings. The van der Waals surface area contributed by atoms with E-state index in [1.54, 1.807) is 6.33 Å².